The number of hydrogen-bond donors (Lipinski definition) is 1. The van der Waals surface area contributed by atoms with E-state index < -0.39 is 0 Å². The summed E-state index contributed by atoms with van der Waals surface area (Å²) in [6.45, 7) is 6.39. The van der Waals surface area contributed by atoms with Crippen molar-refractivity contribution in [3.8, 4) is 11.5 Å². The van der Waals surface area contributed by atoms with Gasteiger partial charge < -0.3 is 14.8 Å². The molecule has 7 heteroatoms. The molecular formula is C16H20BrN3O3. The van der Waals surface area contributed by atoms with Gasteiger partial charge in [-0.1, -0.05) is 0 Å². The minimum atomic E-state index is -0.241. The van der Waals surface area contributed by atoms with Crippen molar-refractivity contribution < 1.29 is 14.3 Å². The molecule has 0 unspecified atom stereocenters. The summed E-state index contributed by atoms with van der Waals surface area (Å²) >= 11 is 3.42. The third-order valence-corrected chi connectivity index (χ3v) is 3.77. The number of methoxy groups -OCH3 is 1. The number of benzene rings is 1. The second kappa shape index (κ2) is 7.50. The Morgan fingerprint density at radius 1 is 1.43 bits per heavy atom. The van der Waals surface area contributed by atoms with Crippen molar-refractivity contribution in [1.29, 1.82) is 0 Å². The molecule has 1 aromatic heterocycles. The Morgan fingerprint density at radius 2 is 2.17 bits per heavy atom. The van der Waals surface area contributed by atoms with Gasteiger partial charge in [-0.2, -0.15) is 5.10 Å². The van der Waals surface area contributed by atoms with Crippen LogP contribution in [-0.2, 0) is 0 Å². The maximum Gasteiger partial charge on any atom is 0.256 e. The Labute approximate surface area is 143 Å². The SMILES string of the molecule is CCOc1c(Br)cc(C(=O)Nc2ccnn2C(C)C)cc1OC. The van der Waals surface area contributed by atoms with Crippen molar-refractivity contribution in [1.82, 2.24) is 9.78 Å². The number of carbonyl (C=O) groups excluding carboxylic acids is 1. The number of carbonyl (C=O) groups is 1. The molecule has 0 saturated heterocycles. The van der Waals surface area contributed by atoms with Gasteiger partial charge >= 0.3 is 0 Å². The predicted molar refractivity (Wildman–Crippen MR) is 92.4 cm³/mol. The topological polar surface area (TPSA) is 65.4 Å². The zero-order valence-corrected chi connectivity index (χ0v) is 15.2. The highest BCUT2D eigenvalue weighted by Gasteiger charge is 2.17. The van der Waals surface area contributed by atoms with Crippen LogP contribution in [0.15, 0.2) is 28.9 Å². The van der Waals surface area contributed by atoms with Gasteiger partial charge in [0.2, 0.25) is 0 Å². The molecular weight excluding hydrogens is 362 g/mol. The first-order valence-corrected chi connectivity index (χ1v) is 8.12. The number of hydrogen-bond acceptors (Lipinski definition) is 4. The molecule has 0 spiro atoms. The largest absolute Gasteiger partial charge is 0.493 e. The number of nitrogens with one attached hydrogen (secondary N) is 1. The highest BCUT2D eigenvalue weighted by Crippen LogP contribution is 2.36. The molecule has 1 aromatic carbocycles. The molecule has 0 fully saturated rings. The van der Waals surface area contributed by atoms with Crippen molar-refractivity contribution in [2.24, 2.45) is 0 Å². The van der Waals surface area contributed by atoms with E-state index in [9.17, 15) is 4.79 Å². The molecule has 0 aliphatic rings. The number of nitrogens with zero attached hydrogens (tertiary/aromatic N) is 2. The second-order valence-electron chi connectivity index (χ2n) is 5.13. The lowest BCUT2D eigenvalue weighted by atomic mass is 10.2. The van der Waals surface area contributed by atoms with Crippen LogP contribution in [0.3, 0.4) is 0 Å². The molecule has 23 heavy (non-hydrogen) atoms. The minimum absolute atomic E-state index is 0.155. The van der Waals surface area contributed by atoms with E-state index in [1.165, 1.54) is 0 Å². The Balaban J connectivity index is 2.29. The van der Waals surface area contributed by atoms with Gasteiger partial charge in [-0.05, 0) is 48.8 Å². The zero-order chi connectivity index (χ0) is 17.0. The maximum atomic E-state index is 12.5. The predicted octanol–water partition coefficient (Wildman–Crippen LogP) is 3.89. The molecule has 0 radical (unpaired) electrons. The quantitative estimate of drug-likeness (QED) is 0.824. The smallest absolute Gasteiger partial charge is 0.256 e. The Morgan fingerprint density at radius 3 is 2.78 bits per heavy atom. The van der Waals surface area contributed by atoms with Crippen LogP contribution < -0.4 is 14.8 Å². The van der Waals surface area contributed by atoms with E-state index in [0.29, 0.717) is 34.0 Å². The Hall–Kier alpha value is -2.02. The third-order valence-electron chi connectivity index (χ3n) is 3.18. The number of amides is 1. The molecule has 1 amide bonds. The number of rotatable bonds is 6. The van der Waals surface area contributed by atoms with E-state index in [2.05, 4.69) is 26.3 Å². The lowest BCUT2D eigenvalue weighted by Gasteiger charge is -2.14. The van der Waals surface area contributed by atoms with E-state index in [0.717, 1.165) is 0 Å². The first-order valence-electron chi connectivity index (χ1n) is 7.33. The normalized spacial score (nSPS) is 10.7. The van der Waals surface area contributed by atoms with Gasteiger partial charge in [0.15, 0.2) is 11.5 Å². The monoisotopic (exact) mass is 381 g/mol. The number of aromatic nitrogens is 2. The fourth-order valence-electron chi connectivity index (χ4n) is 2.15. The fraction of sp³-hybridized carbons (Fsp3) is 0.375. The first-order chi connectivity index (χ1) is 11.0. The van der Waals surface area contributed by atoms with Gasteiger partial charge in [0.1, 0.15) is 5.82 Å². The Kier molecular flexibility index (Phi) is 5.65. The number of anilines is 1. The summed E-state index contributed by atoms with van der Waals surface area (Å²) in [7, 11) is 1.54. The van der Waals surface area contributed by atoms with Crippen molar-refractivity contribution in [2.45, 2.75) is 26.8 Å². The summed E-state index contributed by atoms with van der Waals surface area (Å²) in [6, 6.07) is 5.28. The van der Waals surface area contributed by atoms with Crippen molar-refractivity contribution >= 4 is 27.7 Å². The summed E-state index contributed by atoms with van der Waals surface area (Å²) in [5, 5.41) is 7.06. The molecule has 2 aromatic rings. The third kappa shape index (κ3) is 3.85. The summed E-state index contributed by atoms with van der Waals surface area (Å²) < 4.78 is 13.3. The van der Waals surface area contributed by atoms with Crippen LogP contribution in [0.5, 0.6) is 11.5 Å². The molecule has 0 bridgehead atoms. The fourth-order valence-corrected chi connectivity index (χ4v) is 2.71. The van der Waals surface area contributed by atoms with E-state index in [1.54, 1.807) is 36.2 Å². The van der Waals surface area contributed by atoms with E-state index in [4.69, 9.17) is 9.47 Å². The standard InChI is InChI=1S/C16H20BrN3O3/c1-5-23-15-12(17)8-11(9-13(15)22-4)16(21)19-14-6-7-18-20(14)10(2)3/h6-10H,5H2,1-4H3,(H,19,21). The lowest BCUT2D eigenvalue weighted by Crippen LogP contribution is -2.17. The average molecular weight is 382 g/mol. The molecule has 0 atom stereocenters. The van der Waals surface area contributed by atoms with Crippen LogP contribution in [0.2, 0.25) is 0 Å². The van der Waals surface area contributed by atoms with Crippen LogP contribution in [0.4, 0.5) is 5.82 Å². The Bertz CT molecular complexity index is 698. The first kappa shape index (κ1) is 17.3. The molecule has 6 nitrogen and oxygen atoms in total. The average Bonchev–Trinajstić information content (AvgIpc) is 2.97. The summed E-state index contributed by atoms with van der Waals surface area (Å²) in [5.74, 6) is 1.49. The summed E-state index contributed by atoms with van der Waals surface area (Å²) in [6.07, 6.45) is 1.66. The van der Waals surface area contributed by atoms with Crippen LogP contribution in [0.1, 0.15) is 37.2 Å². The van der Waals surface area contributed by atoms with Gasteiger partial charge in [-0.15, -0.1) is 0 Å². The molecule has 0 saturated carbocycles. The van der Waals surface area contributed by atoms with Gasteiger partial charge in [0, 0.05) is 17.7 Å². The van der Waals surface area contributed by atoms with Gasteiger partial charge in [0.05, 0.1) is 24.4 Å². The molecule has 0 aliphatic heterocycles. The highest BCUT2D eigenvalue weighted by atomic mass is 79.9. The summed E-state index contributed by atoms with van der Waals surface area (Å²) in [4.78, 5) is 12.5. The molecule has 1 heterocycles. The summed E-state index contributed by atoms with van der Waals surface area (Å²) in [5.41, 5.74) is 0.466. The van der Waals surface area contributed by atoms with Gasteiger partial charge in [0.25, 0.3) is 5.91 Å². The van der Waals surface area contributed by atoms with Crippen molar-refractivity contribution in [2.75, 3.05) is 19.0 Å². The van der Waals surface area contributed by atoms with E-state index in [1.807, 2.05) is 20.8 Å². The lowest BCUT2D eigenvalue weighted by molar-refractivity contribution is 0.102. The van der Waals surface area contributed by atoms with Crippen molar-refractivity contribution in [3.05, 3.63) is 34.4 Å². The minimum Gasteiger partial charge on any atom is -0.493 e. The van der Waals surface area contributed by atoms with E-state index in [-0.39, 0.29) is 11.9 Å². The van der Waals surface area contributed by atoms with Crippen LogP contribution >= 0.6 is 15.9 Å². The number of halogens is 1. The van der Waals surface area contributed by atoms with E-state index >= 15 is 0 Å². The molecule has 0 aliphatic carbocycles. The highest BCUT2D eigenvalue weighted by molar-refractivity contribution is 9.10. The van der Waals surface area contributed by atoms with Crippen LogP contribution in [0, 0.1) is 0 Å². The maximum absolute atomic E-state index is 12.5. The zero-order valence-electron chi connectivity index (χ0n) is 13.6. The second-order valence-corrected chi connectivity index (χ2v) is 5.99. The van der Waals surface area contributed by atoms with Crippen LogP contribution in [0.25, 0.3) is 0 Å². The van der Waals surface area contributed by atoms with Crippen LogP contribution in [-0.4, -0.2) is 29.4 Å². The van der Waals surface area contributed by atoms with Gasteiger partial charge in [-0.25, -0.2) is 4.68 Å². The number of ether oxygens (including phenoxy) is 2. The molecule has 2 rings (SSSR count). The molecule has 124 valence electrons. The van der Waals surface area contributed by atoms with Crippen molar-refractivity contribution in [3.63, 3.8) is 0 Å². The molecule has 1 N–H and O–H groups in total. The van der Waals surface area contributed by atoms with Gasteiger partial charge in [-0.3, -0.25) is 4.79 Å².